The summed E-state index contributed by atoms with van der Waals surface area (Å²) in [6.45, 7) is 3.19. The van der Waals surface area contributed by atoms with Crippen LogP contribution < -0.4 is 4.90 Å². The molecule has 8 heteroatoms. The second kappa shape index (κ2) is 6.23. The zero-order valence-electron chi connectivity index (χ0n) is 13.1. The van der Waals surface area contributed by atoms with E-state index in [2.05, 4.69) is 9.97 Å². The van der Waals surface area contributed by atoms with Crippen molar-refractivity contribution in [2.24, 2.45) is 0 Å². The number of benzene rings is 1. The molecule has 0 bridgehead atoms. The van der Waals surface area contributed by atoms with Crippen LogP contribution in [0.3, 0.4) is 0 Å². The first kappa shape index (κ1) is 15.9. The van der Waals surface area contributed by atoms with E-state index in [1.54, 1.807) is 19.1 Å². The van der Waals surface area contributed by atoms with Crippen LogP contribution in [0.15, 0.2) is 24.4 Å². The largest absolute Gasteiger partial charge is 0.478 e. The molecule has 124 valence electrons. The lowest BCUT2D eigenvalue weighted by atomic mass is 10.1. The summed E-state index contributed by atoms with van der Waals surface area (Å²) in [6, 6.07) is 4.89. The molecule has 0 radical (unpaired) electrons. The molecule has 0 saturated carbocycles. The smallest absolute Gasteiger partial charge is 0.339 e. The molecule has 0 amide bonds. The molecule has 1 aromatic carbocycles. The van der Waals surface area contributed by atoms with E-state index in [0.29, 0.717) is 16.9 Å². The number of rotatable bonds is 4. The van der Waals surface area contributed by atoms with Gasteiger partial charge in [-0.05, 0) is 31.9 Å². The van der Waals surface area contributed by atoms with E-state index < -0.39 is 10.9 Å². The van der Waals surface area contributed by atoms with E-state index in [9.17, 15) is 14.9 Å². The Morgan fingerprint density at radius 1 is 1.33 bits per heavy atom. The molecule has 24 heavy (non-hydrogen) atoms. The molecule has 1 N–H and O–H groups in total. The van der Waals surface area contributed by atoms with Crippen molar-refractivity contribution in [3.63, 3.8) is 0 Å². The van der Waals surface area contributed by atoms with Gasteiger partial charge in [0.05, 0.1) is 16.2 Å². The van der Waals surface area contributed by atoms with Gasteiger partial charge in [0.15, 0.2) is 5.82 Å². The van der Waals surface area contributed by atoms with Crippen LogP contribution in [0.25, 0.3) is 11.4 Å². The monoisotopic (exact) mass is 328 g/mol. The number of nitro groups is 1. The maximum Gasteiger partial charge on any atom is 0.339 e. The number of nitrogens with zero attached hydrogens (tertiary/aromatic N) is 4. The first-order valence-corrected chi connectivity index (χ1v) is 7.58. The average molecular weight is 328 g/mol. The predicted octanol–water partition coefficient (Wildman–Crippen LogP) is 2.66. The Kier molecular flexibility index (Phi) is 4.11. The molecule has 1 aliphatic rings. The second-order valence-electron chi connectivity index (χ2n) is 5.65. The van der Waals surface area contributed by atoms with Gasteiger partial charge in [0.25, 0.3) is 5.69 Å². The minimum absolute atomic E-state index is 0.0120. The van der Waals surface area contributed by atoms with Crippen molar-refractivity contribution in [1.82, 2.24) is 9.97 Å². The first-order chi connectivity index (χ1) is 11.5. The third-order valence-corrected chi connectivity index (χ3v) is 4.09. The van der Waals surface area contributed by atoms with Crippen LogP contribution in [0, 0.1) is 17.0 Å². The summed E-state index contributed by atoms with van der Waals surface area (Å²) in [4.78, 5) is 32.3. The lowest BCUT2D eigenvalue weighted by molar-refractivity contribution is -0.384. The molecule has 0 aliphatic carbocycles. The number of hydrogen-bond acceptors (Lipinski definition) is 6. The Bertz CT molecular complexity index is 816. The van der Waals surface area contributed by atoms with Crippen LogP contribution >= 0.6 is 0 Å². The van der Waals surface area contributed by atoms with Crippen LogP contribution in [0.5, 0.6) is 0 Å². The van der Waals surface area contributed by atoms with Crippen LogP contribution in [-0.4, -0.2) is 39.1 Å². The number of aromatic carboxylic acids is 1. The molecular weight excluding hydrogens is 312 g/mol. The molecule has 1 fully saturated rings. The number of aryl methyl sites for hydroxylation is 1. The van der Waals surface area contributed by atoms with Crippen molar-refractivity contribution in [2.45, 2.75) is 19.8 Å². The van der Waals surface area contributed by atoms with Gasteiger partial charge in [-0.15, -0.1) is 0 Å². The Morgan fingerprint density at radius 3 is 2.62 bits per heavy atom. The number of nitro benzene ring substituents is 1. The summed E-state index contributed by atoms with van der Waals surface area (Å²) in [6.07, 6.45) is 3.27. The van der Waals surface area contributed by atoms with Crippen LogP contribution in [0.2, 0.25) is 0 Å². The lowest BCUT2D eigenvalue weighted by Gasteiger charge is -2.17. The van der Waals surface area contributed by atoms with E-state index in [1.807, 2.05) is 4.90 Å². The van der Waals surface area contributed by atoms with Gasteiger partial charge >= 0.3 is 5.97 Å². The van der Waals surface area contributed by atoms with Crippen molar-refractivity contribution >= 4 is 17.3 Å². The van der Waals surface area contributed by atoms with Crippen molar-refractivity contribution in [2.75, 3.05) is 18.0 Å². The van der Waals surface area contributed by atoms with E-state index >= 15 is 0 Å². The number of aromatic nitrogens is 2. The van der Waals surface area contributed by atoms with Crippen molar-refractivity contribution in [3.05, 3.63) is 45.8 Å². The summed E-state index contributed by atoms with van der Waals surface area (Å²) in [5, 5.41) is 20.5. The van der Waals surface area contributed by atoms with Crippen molar-refractivity contribution in [1.29, 1.82) is 0 Å². The summed E-state index contributed by atoms with van der Waals surface area (Å²) in [5.74, 6) is -0.831. The number of carbonyl (C=O) groups is 1. The third kappa shape index (κ3) is 2.90. The second-order valence-corrected chi connectivity index (χ2v) is 5.65. The highest BCUT2D eigenvalue weighted by atomic mass is 16.6. The highest BCUT2D eigenvalue weighted by Gasteiger charge is 2.23. The third-order valence-electron chi connectivity index (χ3n) is 4.09. The standard InChI is InChI=1S/C16H16N4O4/c1-10-12(16(21)22)9-17-15(18-10)11-4-5-13(14(8-11)20(23)24)19-6-2-3-7-19/h4-5,8-9H,2-3,6-7H2,1H3,(H,21,22). The summed E-state index contributed by atoms with van der Waals surface area (Å²) in [7, 11) is 0. The minimum atomic E-state index is -1.10. The molecule has 2 aromatic rings. The number of anilines is 1. The van der Waals surface area contributed by atoms with Gasteiger partial charge in [-0.25, -0.2) is 14.8 Å². The fourth-order valence-corrected chi connectivity index (χ4v) is 2.85. The van der Waals surface area contributed by atoms with Gasteiger partial charge in [-0.1, -0.05) is 0 Å². The molecule has 3 rings (SSSR count). The maximum absolute atomic E-state index is 11.4. The molecule has 8 nitrogen and oxygen atoms in total. The summed E-state index contributed by atoms with van der Waals surface area (Å²) < 4.78 is 0. The van der Waals surface area contributed by atoms with Gasteiger partial charge in [-0.2, -0.15) is 0 Å². The van der Waals surface area contributed by atoms with E-state index in [4.69, 9.17) is 5.11 Å². The molecule has 2 heterocycles. The van der Waals surface area contributed by atoms with Crippen LogP contribution in [-0.2, 0) is 0 Å². The van der Waals surface area contributed by atoms with Gasteiger partial charge in [0, 0.05) is 30.9 Å². The Morgan fingerprint density at radius 2 is 2.04 bits per heavy atom. The quantitative estimate of drug-likeness (QED) is 0.678. The Labute approximate surface area is 137 Å². The predicted molar refractivity (Wildman–Crippen MR) is 87.3 cm³/mol. The minimum Gasteiger partial charge on any atom is -0.478 e. The van der Waals surface area contributed by atoms with Gasteiger partial charge in [0.1, 0.15) is 5.69 Å². The molecule has 0 unspecified atom stereocenters. The zero-order valence-corrected chi connectivity index (χ0v) is 13.1. The molecular formula is C16H16N4O4. The lowest BCUT2D eigenvalue weighted by Crippen LogP contribution is -2.18. The average Bonchev–Trinajstić information content (AvgIpc) is 3.08. The SMILES string of the molecule is Cc1nc(-c2ccc(N3CCCC3)c([N+](=O)[O-])c2)ncc1C(=O)O. The molecule has 1 aliphatic heterocycles. The molecule has 0 atom stereocenters. The number of carboxylic acid groups (broad SMARTS) is 1. The summed E-state index contributed by atoms with van der Waals surface area (Å²) in [5.41, 5.74) is 1.43. The van der Waals surface area contributed by atoms with E-state index in [-0.39, 0.29) is 17.1 Å². The molecule has 1 saturated heterocycles. The number of hydrogen-bond donors (Lipinski definition) is 1. The zero-order chi connectivity index (χ0) is 17.3. The fraction of sp³-hybridized carbons (Fsp3) is 0.312. The molecule has 1 aromatic heterocycles. The maximum atomic E-state index is 11.4. The van der Waals surface area contributed by atoms with E-state index in [1.165, 1.54) is 12.3 Å². The fourth-order valence-electron chi connectivity index (χ4n) is 2.85. The van der Waals surface area contributed by atoms with Gasteiger partial charge in [-0.3, -0.25) is 10.1 Å². The van der Waals surface area contributed by atoms with Gasteiger partial charge < -0.3 is 10.0 Å². The van der Waals surface area contributed by atoms with Crippen LogP contribution in [0.4, 0.5) is 11.4 Å². The highest BCUT2D eigenvalue weighted by molar-refractivity contribution is 5.88. The Hall–Kier alpha value is -3.03. The first-order valence-electron chi connectivity index (χ1n) is 7.58. The van der Waals surface area contributed by atoms with Crippen molar-refractivity contribution in [3.8, 4) is 11.4 Å². The highest BCUT2D eigenvalue weighted by Crippen LogP contribution is 2.34. The van der Waals surface area contributed by atoms with E-state index in [0.717, 1.165) is 25.9 Å². The number of carboxylic acids is 1. The summed E-state index contributed by atoms with van der Waals surface area (Å²) >= 11 is 0. The van der Waals surface area contributed by atoms with Crippen molar-refractivity contribution < 1.29 is 14.8 Å². The Balaban J connectivity index is 2.03. The normalized spacial score (nSPS) is 14.0. The van der Waals surface area contributed by atoms with Crippen LogP contribution in [0.1, 0.15) is 28.9 Å². The topological polar surface area (TPSA) is 109 Å². The van der Waals surface area contributed by atoms with Gasteiger partial charge in [0.2, 0.25) is 0 Å². The molecule has 0 spiro atoms.